The maximum Gasteiger partial charge on any atom is 0.264 e. The lowest BCUT2D eigenvalue weighted by molar-refractivity contribution is -0.124. The van der Waals surface area contributed by atoms with E-state index in [4.69, 9.17) is 4.74 Å². The van der Waals surface area contributed by atoms with E-state index in [2.05, 4.69) is 15.4 Å². The fourth-order valence-corrected chi connectivity index (χ4v) is 4.22. The number of halogens is 2. The lowest BCUT2D eigenvalue weighted by Gasteiger charge is -2.18. The van der Waals surface area contributed by atoms with Crippen molar-refractivity contribution in [1.82, 2.24) is 20.1 Å². The molecule has 0 spiro atoms. The van der Waals surface area contributed by atoms with Crippen molar-refractivity contribution in [2.75, 3.05) is 6.61 Å². The number of alkyl halides is 2. The molecule has 1 aliphatic rings. The summed E-state index contributed by atoms with van der Waals surface area (Å²) in [5.74, 6) is -0.366. The predicted molar refractivity (Wildman–Crippen MR) is 125 cm³/mol. The first-order valence-electron chi connectivity index (χ1n) is 11.1. The second-order valence-electron chi connectivity index (χ2n) is 8.67. The summed E-state index contributed by atoms with van der Waals surface area (Å²) >= 11 is 0. The molecular formula is C26H24F2N4O2. The fraction of sp³-hybridized carbons (Fsp3) is 0.269. The zero-order valence-electron chi connectivity index (χ0n) is 18.9. The largest absolute Gasteiger partial charge is 0.467 e. The molecule has 0 bridgehead atoms. The third-order valence-corrected chi connectivity index (χ3v) is 6.17. The number of carbonyl (C=O) groups is 1. The van der Waals surface area contributed by atoms with E-state index in [1.807, 2.05) is 61.5 Å². The maximum absolute atomic E-state index is 14.0. The summed E-state index contributed by atoms with van der Waals surface area (Å²) in [6, 6.07) is 18.4. The Balaban J connectivity index is 1.38. The monoisotopic (exact) mass is 462 g/mol. The summed E-state index contributed by atoms with van der Waals surface area (Å²) in [5.41, 5.74) is 3.00. The molecular weight excluding hydrogens is 438 g/mol. The van der Waals surface area contributed by atoms with Crippen LogP contribution >= 0.6 is 0 Å². The Labute approximate surface area is 195 Å². The third kappa shape index (κ3) is 4.11. The number of fused-ring (bicyclic) bond motifs is 1. The SMILES string of the molecule is Cc1ccc(C2(NC(=O)COc3cc(C(F)F)c4c(-c5ccccc5)nn(C)c4n3)CC2)cc1. The molecule has 5 rings (SSSR count). The first-order chi connectivity index (χ1) is 16.4. The number of nitrogens with zero attached hydrogens (tertiary/aromatic N) is 3. The number of hydrogen-bond donors (Lipinski definition) is 1. The van der Waals surface area contributed by atoms with E-state index in [9.17, 15) is 13.6 Å². The van der Waals surface area contributed by atoms with Gasteiger partial charge in [-0.3, -0.25) is 4.79 Å². The standard InChI is InChI=1S/C26H24F2N4O2/c1-16-8-10-18(11-9-16)26(12-13-26)30-20(33)15-34-21-14-19(24(27)28)22-23(17-6-4-3-5-7-17)31-32(2)25(22)29-21/h3-11,14,24H,12-13,15H2,1-2H3,(H,30,33). The second kappa shape index (κ2) is 8.52. The molecule has 8 heteroatoms. The van der Waals surface area contributed by atoms with Gasteiger partial charge in [-0.05, 0) is 25.3 Å². The van der Waals surface area contributed by atoms with E-state index >= 15 is 0 Å². The van der Waals surface area contributed by atoms with Crippen LogP contribution in [0.2, 0.25) is 0 Å². The van der Waals surface area contributed by atoms with Gasteiger partial charge in [0.15, 0.2) is 12.3 Å². The highest BCUT2D eigenvalue weighted by Crippen LogP contribution is 2.45. The summed E-state index contributed by atoms with van der Waals surface area (Å²) in [4.78, 5) is 17.0. The van der Waals surface area contributed by atoms with Gasteiger partial charge >= 0.3 is 0 Å². The van der Waals surface area contributed by atoms with Crippen molar-refractivity contribution in [3.8, 4) is 17.1 Å². The molecule has 34 heavy (non-hydrogen) atoms. The molecule has 1 N–H and O–H groups in total. The number of pyridine rings is 1. The van der Waals surface area contributed by atoms with Crippen LogP contribution in [0.4, 0.5) is 8.78 Å². The smallest absolute Gasteiger partial charge is 0.264 e. The molecule has 0 aliphatic heterocycles. The number of ether oxygens (including phenoxy) is 1. The van der Waals surface area contributed by atoms with E-state index in [1.165, 1.54) is 10.7 Å². The molecule has 2 aromatic carbocycles. The number of nitrogens with one attached hydrogen (secondary N) is 1. The molecule has 0 saturated heterocycles. The first-order valence-corrected chi connectivity index (χ1v) is 11.1. The lowest BCUT2D eigenvalue weighted by Crippen LogP contribution is -2.38. The van der Waals surface area contributed by atoms with Crippen LogP contribution in [0.25, 0.3) is 22.3 Å². The van der Waals surface area contributed by atoms with Crippen molar-refractivity contribution in [3.05, 3.63) is 77.4 Å². The molecule has 1 saturated carbocycles. The number of carbonyl (C=O) groups excluding carboxylic acids is 1. The van der Waals surface area contributed by atoms with Crippen molar-refractivity contribution in [1.29, 1.82) is 0 Å². The van der Waals surface area contributed by atoms with Crippen LogP contribution in [0.15, 0.2) is 60.7 Å². The minimum atomic E-state index is -2.76. The first kappa shape index (κ1) is 22.0. The van der Waals surface area contributed by atoms with Crippen LogP contribution in [0, 0.1) is 6.92 Å². The average Bonchev–Trinajstić information content (AvgIpc) is 3.54. The van der Waals surface area contributed by atoms with E-state index in [-0.39, 0.29) is 40.5 Å². The average molecular weight is 463 g/mol. The molecule has 4 aromatic rings. The summed E-state index contributed by atoms with van der Waals surface area (Å²) in [6.45, 7) is 1.69. The molecule has 1 aliphatic carbocycles. The molecule has 0 atom stereocenters. The Morgan fingerprint density at radius 3 is 2.50 bits per heavy atom. The van der Waals surface area contributed by atoms with Crippen molar-refractivity contribution in [2.24, 2.45) is 7.05 Å². The summed E-state index contributed by atoms with van der Waals surface area (Å²) in [6.07, 6.45) is -1.07. The number of hydrogen-bond acceptors (Lipinski definition) is 4. The highest BCUT2D eigenvalue weighted by atomic mass is 19.3. The highest BCUT2D eigenvalue weighted by molar-refractivity contribution is 5.94. The van der Waals surface area contributed by atoms with Crippen LogP contribution in [0.5, 0.6) is 5.88 Å². The van der Waals surface area contributed by atoms with Gasteiger partial charge in [0.05, 0.1) is 10.9 Å². The summed E-state index contributed by atoms with van der Waals surface area (Å²) in [5, 5.41) is 7.72. The van der Waals surface area contributed by atoms with Gasteiger partial charge in [-0.1, -0.05) is 60.2 Å². The summed E-state index contributed by atoms with van der Waals surface area (Å²) < 4.78 is 35.1. The van der Waals surface area contributed by atoms with Crippen molar-refractivity contribution >= 4 is 16.9 Å². The maximum atomic E-state index is 14.0. The van der Waals surface area contributed by atoms with Gasteiger partial charge in [0.25, 0.3) is 12.3 Å². The Kier molecular flexibility index (Phi) is 5.51. The number of aromatic nitrogens is 3. The normalized spacial score (nSPS) is 14.4. The Hall–Kier alpha value is -3.81. The van der Waals surface area contributed by atoms with Crippen LogP contribution in [-0.4, -0.2) is 27.3 Å². The minimum Gasteiger partial charge on any atom is -0.467 e. The third-order valence-electron chi connectivity index (χ3n) is 6.17. The van der Waals surface area contributed by atoms with E-state index in [0.717, 1.165) is 29.5 Å². The fourth-order valence-electron chi connectivity index (χ4n) is 4.22. The van der Waals surface area contributed by atoms with Crippen LogP contribution in [0.1, 0.15) is 36.0 Å². The number of rotatable bonds is 7. The van der Waals surface area contributed by atoms with Crippen molar-refractivity contribution < 1.29 is 18.3 Å². The second-order valence-corrected chi connectivity index (χ2v) is 8.67. The van der Waals surface area contributed by atoms with E-state index < -0.39 is 6.43 Å². The van der Waals surface area contributed by atoms with Crippen LogP contribution < -0.4 is 10.1 Å². The van der Waals surface area contributed by atoms with Crippen LogP contribution in [0.3, 0.4) is 0 Å². The zero-order valence-corrected chi connectivity index (χ0v) is 18.9. The van der Waals surface area contributed by atoms with Gasteiger partial charge in [-0.25, -0.2) is 13.5 Å². The van der Waals surface area contributed by atoms with Crippen molar-refractivity contribution in [2.45, 2.75) is 31.7 Å². The van der Waals surface area contributed by atoms with Gasteiger partial charge in [0.2, 0.25) is 5.88 Å². The molecule has 174 valence electrons. The van der Waals surface area contributed by atoms with E-state index in [0.29, 0.717) is 5.69 Å². The lowest BCUT2D eigenvalue weighted by atomic mass is 10.0. The Bertz CT molecular complexity index is 1350. The molecule has 2 aromatic heterocycles. The zero-order chi connectivity index (χ0) is 23.9. The van der Waals surface area contributed by atoms with Crippen LogP contribution in [-0.2, 0) is 17.4 Å². The topological polar surface area (TPSA) is 69.0 Å². The predicted octanol–water partition coefficient (Wildman–Crippen LogP) is 5.07. The minimum absolute atomic E-state index is 0.0410. The Morgan fingerprint density at radius 2 is 1.85 bits per heavy atom. The molecule has 2 heterocycles. The van der Waals surface area contributed by atoms with Gasteiger partial charge in [0, 0.05) is 24.2 Å². The van der Waals surface area contributed by atoms with Gasteiger partial charge in [-0.15, -0.1) is 0 Å². The number of benzene rings is 2. The van der Waals surface area contributed by atoms with Gasteiger partial charge in [0.1, 0.15) is 5.69 Å². The molecule has 6 nitrogen and oxygen atoms in total. The summed E-state index contributed by atoms with van der Waals surface area (Å²) in [7, 11) is 1.64. The van der Waals surface area contributed by atoms with E-state index in [1.54, 1.807) is 7.05 Å². The van der Waals surface area contributed by atoms with Gasteiger partial charge < -0.3 is 10.1 Å². The van der Waals surface area contributed by atoms with Gasteiger partial charge in [-0.2, -0.15) is 10.1 Å². The number of amides is 1. The molecule has 1 amide bonds. The molecule has 0 unspecified atom stereocenters. The molecule has 0 radical (unpaired) electrons. The highest BCUT2D eigenvalue weighted by Gasteiger charge is 2.45. The van der Waals surface area contributed by atoms with Crippen molar-refractivity contribution in [3.63, 3.8) is 0 Å². The quantitative estimate of drug-likeness (QED) is 0.417. The number of aryl methyl sites for hydroxylation is 2. The molecule has 1 fully saturated rings. The Morgan fingerprint density at radius 1 is 1.15 bits per heavy atom.